The first-order valence-electron chi connectivity index (χ1n) is 6.64. The predicted octanol–water partition coefficient (Wildman–Crippen LogP) is 2.86. The molecular weight excluding hydrogens is 382 g/mol. The number of benzene rings is 1. The van der Waals surface area contributed by atoms with Crippen LogP contribution in [-0.4, -0.2) is 42.9 Å². The molecule has 1 atom stereocenters. The lowest BCUT2D eigenvalue weighted by Crippen LogP contribution is -2.49. The van der Waals surface area contributed by atoms with Crippen LogP contribution in [0.15, 0.2) is 46.7 Å². The van der Waals surface area contributed by atoms with Crippen molar-refractivity contribution in [2.45, 2.75) is 6.17 Å². The molecular formula is C15H16FIN4. The minimum Gasteiger partial charge on any atom is -0.353 e. The zero-order chi connectivity index (χ0) is 15.0. The lowest BCUT2D eigenvalue weighted by atomic mass is 10.0. The van der Waals surface area contributed by atoms with Crippen LogP contribution < -0.4 is 5.32 Å². The number of likely N-dealkylation sites (N-methyl/N-ethyl adjacent to an activating group) is 2. The van der Waals surface area contributed by atoms with Crippen LogP contribution in [0.5, 0.6) is 0 Å². The third kappa shape index (κ3) is 2.82. The Labute approximate surface area is 137 Å². The van der Waals surface area contributed by atoms with Gasteiger partial charge in [-0.3, -0.25) is 4.90 Å². The van der Waals surface area contributed by atoms with Gasteiger partial charge in [0.15, 0.2) is 0 Å². The van der Waals surface area contributed by atoms with Crippen LogP contribution in [0.25, 0.3) is 0 Å². The Kier molecular flexibility index (Phi) is 3.99. The molecule has 1 aromatic rings. The molecule has 3 rings (SSSR count). The Morgan fingerprint density at radius 2 is 2.19 bits per heavy atom. The number of hydrogen-bond donors (Lipinski definition) is 1. The molecule has 0 aromatic heterocycles. The normalized spacial score (nSPS) is 21.7. The smallest absolute Gasteiger partial charge is 0.147 e. The number of hydrogen-bond acceptors (Lipinski definition) is 4. The van der Waals surface area contributed by atoms with Gasteiger partial charge < -0.3 is 10.2 Å². The topological polar surface area (TPSA) is 30.9 Å². The molecule has 0 aliphatic carbocycles. The summed E-state index contributed by atoms with van der Waals surface area (Å²) in [5.41, 5.74) is 2.46. The molecule has 110 valence electrons. The van der Waals surface area contributed by atoms with Crippen LogP contribution in [0.3, 0.4) is 0 Å². The fraction of sp³-hybridized carbons (Fsp3) is 0.267. The van der Waals surface area contributed by atoms with E-state index in [-0.39, 0.29) is 12.0 Å². The minimum absolute atomic E-state index is 0.127. The van der Waals surface area contributed by atoms with E-state index in [0.29, 0.717) is 5.69 Å². The number of rotatable bonds is 2. The summed E-state index contributed by atoms with van der Waals surface area (Å²) >= 11 is 2.10. The zero-order valence-electron chi connectivity index (χ0n) is 11.8. The van der Waals surface area contributed by atoms with Gasteiger partial charge in [-0.15, -0.1) is 0 Å². The molecule has 2 aliphatic heterocycles. The van der Waals surface area contributed by atoms with Gasteiger partial charge >= 0.3 is 0 Å². The van der Waals surface area contributed by atoms with Crippen LogP contribution in [0.4, 0.5) is 10.1 Å². The van der Waals surface area contributed by atoms with Gasteiger partial charge in [0.1, 0.15) is 12.0 Å². The second-order valence-electron chi connectivity index (χ2n) is 5.19. The van der Waals surface area contributed by atoms with Crippen LogP contribution in [0.1, 0.15) is 0 Å². The first-order chi connectivity index (χ1) is 10.1. The van der Waals surface area contributed by atoms with Crippen molar-refractivity contribution in [3.8, 4) is 0 Å². The average molecular weight is 398 g/mol. The zero-order valence-corrected chi connectivity index (χ0v) is 14.0. The molecule has 0 spiro atoms. The van der Waals surface area contributed by atoms with Gasteiger partial charge in [-0.1, -0.05) is 0 Å². The van der Waals surface area contributed by atoms with Crippen molar-refractivity contribution in [3.05, 3.63) is 51.1 Å². The highest BCUT2D eigenvalue weighted by molar-refractivity contribution is 14.1. The maximum absolute atomic E-state index is 14.0. The quantitative estimate of drug-likeness (QED) is 0.778. The summed E-state index contributed by atoms with van der Waals surface area (Å²) in [5.74, 6) is -0.244. The van der Waals surface area contributed by atoms with Crippen LogP contribution in [-0.2, 0) is 0 Å². The highest BCUT2D eigenvalue weighted by atomic mass is 127. The van der Waals surface area contributed by atoms with Crippen molar-refractivity contribution in [3.63, 3.8) is 0 Å². The molecule has 4 nitrogen and oxygen atoms in total. The van der Waals surface area contributed by atoms with Crippen molar-refractivity contribution >= 4 is 34.6 Å². The number of nitrogens with one attached hydrogen (secondary N) is 1. The third-order valence-electron chi connectivity index (χ3n) is 3.64. The SMILES string of the molecule is CN1C=NC=C2C(Nc3ccc(I)cc3F)=CCN(C)C21. The molecule has 0 bridgehead atoms. The maximum Gasteiger partial charge on any atom is 0.147 e. The lowest BCUT2D eigenvalue weighted by Gasteiger charge is -2.40. The summed E-state index contributed by atoms with van der Waals surface area (Å²) in [5, 5.41) is 3.20. The first kappa shape index (κ1) is 14.5. The molecule has 2 aliphatic rings. The lowest BCUT2D eigenvalue weighted by molar-refractivity contribution is 0.179. The summed E-state index contributed by atoms with van der Waals surface area (Å²) in [6.07, 6.45) is 5.83. The van der Waals surface area contributed by atoms with E-state index in [2.05, 4.69) is 50.9 Å². The highest BCUT2D eigenvalue weighted by Gasteiger charge is 2.30. The predicted molar refractivity (Wildman–Crippen MR) is 91.6 cm³/mol. The van der Waals surface area contributed by atoms with E-state index in [4.69, 9.17) is 0 Å². The molecule has 6 heteroatoms. The summed E-state index contributed by atoms with van der Waals surface area (Å²) in [6, 6.07) is 5.18. The van der Waals surface area contributed by atoms with Gasteiger partial charge in [-0.2, -0.15) is 0 Å². The highest BCUT2D eigenvalue weighted by Crippen LogP contribution is 2.29. The monoisotopic (exact) mass is 398 g/mol. The van der Waals surface area contributed by atoms with E-state index in [1.807, 2.05) is 24.2 Å². The van der Waals surface area contributed by atoms with E-state index in [9.17, 15) is 4.39 Å². The van der Waals surface area contributed by atoms with Gasteiger partial charge in [0, 0.05) is 34.6 Å². The van der Waals surface area contributed by atoms with Gasteiger partial charge in [0.25, 0.3) is 0 Å². The Morgan fingerprint density at radius 1 is 1.38 bits per heavy atom. The van der Waals surface area contributed by atoms with Gasteiger partial charge in [-0.25, -0.2) is 9.38 Å². The number of aliphatic imine (C=N–C) groups is 1. The van der Waals surface area contributed by atoms with Gasteiger partial charge in [0.2, 0.25) is 0 Å². The Balaban J connectivity index is 1.91. The summed E-state index contributed by atoms with van der Waals surface area (Å²) < 4.78 is 14.9. The molecule has 0 fully saturated rings. The van der Waals surface area contributed by atoms with Crippen molar-refractivity contribution < 1.29 is 4.39 Å². The van der Waals surface area contributed by atoms with E-state index in [1.54, 1.807) is 12.4 Å². The van der Waals surface area contributed by atoms with E-state index in [1.165, 1.54) is 6.07 Å². The Hall–Kier alpha value is -1.41. The van der Waals surface area contributed by atoms with Crippen molar-refractivity contribution in [2.75, 3.05) is 26.0 Å². The Bertz CT molecular complexity index is 653. The largest absolute Gasteiger partial charge is 0.353 e. The van der Waals surface area contributed by atoms with Crippen LogP contribution >= 0.6 is 22.6 Å². The van der Waals surface area contributed by atoms with Crippen molar-refractivity contribution in [1.29, 1.82) is 0 Å². The van der Waals surface area contributed by atoms with Gasteiger partial charge in [-0.05, 0) is 53.9 Å². The summed E-state index contributed by atoms with van der Waals surface area (Å²) in [7, 11) is 4.05. The molecule has 1 aromatic carbocycles. The second kappa shape index (κ2) is 5.76. The molecule has 2 heterocycles. The van der Waals surface area contributed by atoms with E-state index < -0.39 is 0 Å². The molecule has 1 unspecified atom stereocenters. The molecule has 0 saturated carbocycles. The number of anilines is 1. The van der Waals surface area contributed by atoms with Gasteiger partial charge in [0.05, 0.1) is 12.0 Å². The number of fused-ring (bicyclic) bond motifs is 1. The van der Waals surface area contributed by atoms with Crippen molar-refractivity contribution in [1.82, 2.24) is 9.80 Å². The number of halogens is 2. The van der Waals surface area contributed by atoms with Crippen molar-refractivity contribution in [2.24, 2.45) is 4.99 Å². The fourth-order valence-electron chi connectivity index (χ4n) is 2.64. The molecule has 0 amide bonds. The average Bonchev–Trinajstić information content (AvgIpc) is 2.44. The maximum atomic E-state index is 14.0. The minimum atomic E-state index is -0.244. The first-order valence-corrected chi connectivity index (χ1v) is 7.72. The van der Waals surface area contributed by atoms with Crippen LogP contribution in [0.2, 0.25) is 0 Å². The third-order valence-corrected chi connectivity index (χ3v) is 4.31. The summed E-state index contributed by atoms with van der Waals surface area (Å²) in [6.45, 7) is 0.800. The van der Waals surface area contributed by atoms with E-state index >= 15 is 0 Å². The van der Waals surface area contributed by atoms with E-state index in [0.717, 1.165) is 21.4 Å². The van der Waals surface area contributed by atoms with Crippen LogP contribution in [0, 0.1) is 9.39 Å². The number of nitrogens with zero attached hydrogens (tertiary/aromatic N) is 3. The second-order valence-corrected chi connectivity index (χ2v) is 6.44. The Morgan fingerprint density at radius 3 is 2.95 bits per heavy atom. The molecule has 0 saturated heterocycles. The molecule has 1 N–H and O–H groups in total. The standard InChI is InChI=1S/C15H16FIN4/c1-20-6-5-13(11-8-18-9-21(2)15(11)20)19-14-4-3-10(17)7-12(14)16/h3-5,7-9,15,19H,6H2,1-2H3. The fourth-order valence-corrected chi connectivity index (χ4v) is 3.09. The summed E-state index contributed by atoms with van der Waals surface area (Å²) in [4.78, 5) is 8.51. The molecule has 0 radical (unpaired) electrons. The molecule has 21 heavy (non-hydrogen) atoms.